The molecule has 1 saturated heterocycles. The number of nitrogens with zero attached hydrogens (tertiary/aromatic N) is 2. The highest BCUT2D eigenvalue weighted by atomic mass is 32.2. The zero-order chi connectivity index (χ0) is 15.7. The quantitative estimate of drug-likeness (QED) is 0.612. The molecule has 2 atom stereocenters. The van der Waals surface area contributed by atoms with Gasteiger partial charge in [0.25, 0.3) is 5.69 Å². The molecular formula is C15H20N2O4S. The molecule has 1 aromatic carbocycles. The molecule has 22 heavy (non-hydrogen) atoms. The van der Waals surface area contributed by atoms with E-state index < -0.39 is 14.8 Å². The number of hydrogen-bond acceptors (Lipinski definition) is 5. The molecule has 0 N–H and O–H groups in total. The van der Waals surface area contributed by atoms with Crippen molar-refractivity contribution in [2.75, 3.05) is 25.4 Å². The van der Waals surface area contributed by atoms with Crippen molar-refractivity contribution in [3.8, 4) is 0 Å². The van der Waals surface area contributed by atoms with Crippen LogP contribution >= 0.6 is 0 Å². The van der Waals surface area contributed by atoms with Crippen LogP contribution in [0, 0.1) is 22.0 Å². The first-order valence-corrected chi connectivity index (χ1v) is 9.30. The van der Waals surface area contributed by atoms with E-state index in [1.165, 1.54) is 43.5 Å². The summed E-state index contributed by atoms with van der Waals surface area (Å²) in [4.78, 5) is 12.5. The maximum absolute atomic E-state index is 12.3. The van der Waals surface area contributed by atoms with Gasteiger partial charge in [0.05, 0.1) is 15.6 Å². The molecule has 1 aliphatic heterocycles. The summed E-state index contributed by atoms with van der Waals surface area (Å²) in [5.74, 6) is 1.58. The summed E-state index contributed by atoms with van der Waals surface area (Å²) < 4.78 is 24.6. The fraction of sp³-hybridized carbons (Fsp3) is 0.600. The summed E-state index contributed by atoms with van der Waals surface area (Å²) in [5.41, 5.74) is -0.0914. The molecule has 6 nitrogen and oxygen atoms in total. The predicted molar refractivity (Wildman–Crippen MR) is 82.4 cm³/mol. The van der Waals surface area contributed by atoms with Gasteiger partial charge in [-0.2, -0.15) is 0 Å². The van der Waals surface area contributed by atoms with Crippen LogP contribution in [0.2, 0.25) is 0 Å². The molecule has 2 fully saturated rings. The lowest BCUT2D eigenvalue weighted by atomic mass is 10.0. The number of nitro groups is 1. The molecule has 2 aliphatic rings. The average Bonchev–Trinajstić information content (AvgIpc) is 3.06. The van der Waals surface area contributed by atoms with E-state index in [1.54, 1.807) is 0 Å². The highest BCUT2D eigenvalue weighted by Crippen LogP contribution is 2.37. The van der Waals surface area contributed by atoms with Crippen LogP contribution in [0.1, 0.15) is 19.3 Å². The molecule has 1 aliphatic carbocycles. The van der Waals surface area contributed by atoms with Gasteiger partial charge in [0.1, 0.15) is 0 Å². The van der Waals surface area contributed by atoms with Crippen molar-refractivity contribution in [2.24, 2.45) is 11.8 Å². The molecule has 3 rings (SSSR count). The molecule has 7 heteroatoms. The van der Waals surface area contributed by atoms with Gasteiger partial charge in [0.2, 0.25) is 0 Å². The number of likely N-dealkylation sites (tertiary alicyclic amines) is 1. The largest absolute Gasteiger partial charge is 0.302 e. The summed E-state index contributed by atoms with van der Waals surface area (Å²) in [6.07, 6.45) is 3.86. The van der Waals surface area contributed by atoms with Gasteiger partial charge < -0.3 is 4.90 Å². The normalized spacial score (nSPS) is 25.3. The molecular weight excluding hydrogens is 304 g/mol. The van der Waals surface area contributed by atoms with E-state index in [0.29, 0.717) is 6.54 Å². The summed E-state index contributed by atoms with van der Waals surface area (Å²) in [5, 5.41) is 10.6. The Kier molecular flexibility index (Phi) is 4.18. The van der Waals surface area contributed by atoms with Gasteiger partial charge in [-0.25, -0.2) is 8.42 Å². The van der Waals surface area contributed by atoms with Gasteiger partial charge in [-0.05, 0) is 36.8 Å². The van der Waals surface area contributed by atoms with Crippen LogP contribution in [0.3, 0.4) is 0 Å². The van der Waals surface area contributed by atoms with Crippen LogP contribution in [0.4, 0.5) is 5.69 Å². The van der Waals surface area contributed by atoms with Crippen LogP contribution in [0.5, 0.6) is 0 Å². The maximum atomic E-state index is 12.3. The number of hydrogen-bond donors (Lipinski definition) is 0. The van der Waals surface area contributed by atoms with Gasteiger partial charge in [0, 0.05) is 31.8 Å². The molecule has 1 heterocycles. The summed E-state index contributed by atoms with van der Waals surface area (Å²) in [6, 6.07) is 5.14. The Hall–Kier alpha value is -1.47. The fourth-order valence-electron chi connectivity index (χ4n) is 3.66. The van der Waals surface area contributed by atoms with E-state index in [2.05, 4.69) is 4.90 Å². The van der Waals surface area contributed by atoms with E-state index in [1.807, 2.05) is 0 Å². The van der Waals surface area contributed by atoms with Crippen LogP contribution in [0.15, 0.2) is 29.2 Å². The highest BCUT2D eigenvalue weighted by Gasteiger charge is 2.36. The number of sulfone groups is 1. The number of nitro benzene ring substituents is 1. The van der Waals surface area contributed by atoms with Crippen molar-refractivity contribution in [1.82, 2.24) is 4.90 Å². The molecule has 0 unspecified atom stereocenters. The second kappa shape index (κ2) is 5.96. The van der Waals surface area contributed by atoms with E-state index in [-0.39, 0.29) is 16.3 Å². The Morgan fingerprint density at radius 2 is 1.73 bits per heavy atom. The highest BCUT2D eigenvalue weighted by molar-refractivity contribution is 7.91. The van der Waals surface area contributed by atoms with Crippen LogP contribution in [-0.4, -0.2) is 43.6 Å². The van der Waals surface area contributed by atoms with Crippen LogP contribution in [0.25, 0.3) is 0 Å². The van der Waals surface area contributed by atoms with Gasteiger partial charge in [-0.1, -0.05) is 6.42 Å². The third kappa shape index (κ3) is 3.15. The van der Waals surface area contributed by atoms with Crippen molar-refractivity contribution in [2.45, 2.75) is 24.2 Å². The van der Waals surface area contributed by atoms with E-state index >= 15 is 0 Å². The van der Waals surface area contributed by atoms with E-state index in [0.717, 1.165) is 24.9 Å². The van der Waals surface area contributed by atoms with Gasteiger partial charge in [-0.3, -0.25) is 10.1 Å². The van der Waals surface area contributed by atoms with Crippen LogP contribution < -0.4 is 0 Å². The standard InChI is InChI=1S/C15H20N2O4S/c18-17(19)14-4-6-15(7-5-14)22(20,21)9-8-16-10-12-2-1-3-13(12)11-16/h4-7,12-13H,1-3,8-11H2/t12-,13+. The molecule has 0 amide bonds. The van der Waals surface area contributed by atoms with Gasteiger partial charge in [-0.15, -0.1) is 0 Å². The zero-order valence-corrected chi connectivity index (χ0v) is 13.2. The van der Waals surface area contributed by atoms with Crippen LogP contribution in [-0.2, 0) is 9.84 Å². The molecule has 120 valence electrons. The molecule has 1 saturated carbocycles. The SMILES string of the molecule is O=[N+]([O-])c1ccc(S(=O)(=O)CCN2C[C@H]3CCC[C@H]3C2)cc1. The lowest BCUT2D eigenvalue weighted by Crippen LogP contribution is -2.28. The monoisotopic (exact) mass is 324 g/mol. The topological polar surface area (TPSA) is 80.5 Å². The minimum atomic E-state index is -3.38. The minimum Gasteiger partial charge on any atom is -0.302 e. The first-order chi connectivity index (χ1) is 10.5. The molecule has 0 aromatic heterocycles. The first-order valence-electron chi connectivity index (χ1n) is 7.65. The lowest BCUT2D eigenvalue weighted by Gasteiger charge is -2.16. The number of rotatable bonds is 5. The first kappa shape index (κ1) is 15.4. The fourth-order valence-corrected chi connectivity index (χ4v) is 4.94. The average molecular weight is 324 g/mol. The summed E-state index contributed by atoms with van der Waals surface area (Å²) in [6.45, 7) is 2.58. The van der Waals surface area contributed by atoms with E-state index in [9.17, 15) is 18.5 Å². The summed E-state index contributed by atoms with van der Waals surface area (Å²) in [7, 11) is -3.38. The molecule has 0 radical (unpaired) electrons. The van der Waals surface area contributed by atoms with Gasteiger partial charge >= 0.3 is 0 Å². The smallest absolute Gasteiger partial charge is 0.269 e. The number of fused-ring (bicyclic) bond motifs is 1. The van der Waals surface area contributed by atoms with Crippen molar-refractivity contribution in [3.63, 3.8) is 0 Å². The summed E-state index contributed by atoms with van der Waals surface area (Å²) >= 11 is 0. The third-order valence-corrected chi connectivity index (χ3v) is 6.60. The Labute approximate surface area is 130 Å². The van der Waals surface area contributed by atoms with E-state index in [4.69, 9.17) is 0 Å². The Morgan fingerprint density at radius 1 is 1.14 bits per heavy atom. The molecule has 0 bridgehead atoms. The Bertz CT molecular complexity index is 645. The number of benzene rings is 1. The van der Waals surface area contributed by atoms with Gasteiger partial charge in [0.15, 0.2) is 9.84 Å². The zero-order valence-electron chi connectivity index (χ0n) is 12.3. The van der Waals surface area contributed by atoms with Crippen molar-refractivity contribution >= 4 is 15.5 Å². The lowest BCUT2D eigenvalue weighted by molar-refractivity contribution is -0.384. The molecule has 0 spiro atoms. The molecule has 1 aromatic rings. The second-order valence-electron chi connectivity index (χ2n) is 6.28. The van der Waals surface area contributed by atoms with Crippen molar-refractivity contribution < 1.29 is 13.3 Å². The predicted octanol–water partition coefficient (Wildman–Crippen LogP) is 2.10. The second-order valence-corrected chi connectivity index (χ2v) is 8.39. The maximum Gasteiger partial charge on any atom is 0.269 e. The number of non-ortho nitro benzene ring substituents is 1. The Balaban J connectivity index is 1.60. The van der Waals surface area contributed by atoms with Crippen molar-refractivity contribution in [1.29, 1.82) is 0 Å². The van der Waals surface area contributed by atoms with Crippen molar-refractivity contribution in [3.05, 3.63) is 34.4 Å². The minimum absolute atomic E-state index is 0.0737. The Morgan fingerprint density at radius 3 is 2.27 bits per heavy atom. The third-order valence-electron chi connectivity index (χ3n) is 4.88.